The number of oxazole rings is 1. The zero-order chi connectivity index (χ0) is 20.6. The predicted molar refractivity (Wildman–Crippen MR) is 109 cm³/mol. The molecule has 0 amide bonds. The molecule has 0 radical (unpaired) electrons. The summed E-state index contributed by atoms with van der Waals surface area (Å²) in [6.07, 6.45) is 0. The smallest absolute Gasteiger partial charge is 0.234 e. The van der Waals surface area contributed by atoms with Crippen LogP contribution in [0.2, 0.25) is 5.02 Å². The molecule has 7 nitrogen and oxygen atoms in total. The molecule has 1 aliphatic heterocycles. The number of fused-ring (bicyclic) bond motifs is 1. The normalized spacial score (nSPS) is 13.5. The summed E-state index contributed by atoms with van der Waals surface area (Å²) in [4.78, 5) is 4.33. The second kappa shape index (κ2) is 7.61. The summed E-state index contributed by atoms with van der Waals surface area (Å²) >= 11 is 6.05. The van der Waals surface area contributed by atoms with E-state index in [1.807, 2.05) is 13.8 Å². The van der Waals surface area contributed by atoms with E-state index in [4.69, 9.17) is 25.5 Å². The lowest BCUT2D eigenvalue weighted by Crippen LogP contribution is -2.16. The molecule has 0 saturated heterocycles. The maximum atomic E-state index is 13.3. The van der Waals surface area contributed by atoms with E-state index < -0.39 is 9.84 Å². The van der Waals surface area contributed by atoms with Gasteiger partial charge in [-0.25, -0.2) is 8.42 Å². The van der Waals surface area contributed by atoms with E-state index in [-0.39, 0.29) is 27.7 Å². The minimum Gasteiger partial charge on any atom is -0.486 e. The highest BCUT2D eigenvalue weighted by atomic mass is 35.5. The topological polar surface area (TPSA) is 90.7 Å². The minimum absolute atomic E-state index is 0.0412. The Morgan fingerprint density at radius 3 is 2.55 bits per heavy atom. The first-order chi connectivity index (χ1) is 13.8. The number of hydrogen-bond donors (Lipinski definition) is 1. The van der Waals surface area contributed by atoms with Crippen molar-refractivity contribution in [3.63, 3.8) is 0 Å². The van der Waals surface area contributed by atoms with Crippen LogP contribution in [-0.2, 0) is 9.84 Å². The number of rotatable bonds is 5. The molecular formula is C20H19ClN2O5S. The summed E-state index contributed by atoms with van der Waals surface area (Å²) in [6, 6.07) is 11.3. The van der Waals surface area contributed by atoms with Crippen LogP contribution < -0.4 is 14.8 Å². The van der Waals surface area contributed by atoms with Gasteiger partial charge in [-0.3, -0.25) is 0 Å². The van der Waals surface area contributed by atoms with Crippen molar-refractivity contribution >= 4 is 27.3 Å². The van der Waals surface area contributed by atoms with E-state index in [0.717, 1.165) is 0 Å². The van der Waals surface area contributed by atoms with Crippen molar-refractivity contribution in [1.29, 1.82) is 0 Å². The minimum atomic E-state index is -3.98. The largest absolute Gasteiger partial charge is 0.486 e. The maximum absolute atomic E-state index is 13.3. The fourth-order valence-corrected chi connectivity index (χ4v) is 4.36. The van der Waals surface area contributed by atoms with E-state index in [9.17, 15) is 8.42 Å². The highest BCUT2D eigenvalue weighted by Gasteiger charge is 2.30. The number of anilines is 1. The molecular weight excluding hydrogens is 416 g/mol. The molecule has 9 heteroatoms. The second-order valence-electron chi connectivity index (χ2n) is 6.77. The van der Waals surface area contributed by atoms with Crippen LogP contribution in [0.3, 0.4) is 0 Å². The van der Waals surface area contributed by atoms with Crippen LogP contribution >= 0.6 is 11.6 Å². The van der Waals surface area contributed by atoms with E-state index in [0.29, 0.717) is 35.3 Å². The van der Waals surface area contributed by atoms with Gasteiger partial charge in [-0.05, 0) is 44.2 Å². The summed E-state index contributed by atoms with van der Waals surface area (Å²) in [7, 11) is -3.98. The highest BCUT2D eigenvalue weighted by molar-refractivity contribution is 7.91. The Morgan fingerprint density at radius 1 is 1.07 bits per heavy atom. The summed E-state index contributed by atoms with van der Waals surface area (Å²) < 4.78 is 43.4. The Balaban J connectivity index is 1.81. The Hall–Kier alpha value is -2.71. The fourth-order valence-electron chi connectivity index (χ4n) is 2.89. The Bertz CT molecular complexity index is 1160. The van der Waals surface area contributed by atoms with Gasteiger partial charge in [0.15, 0.2) is 11.5 Å². The van der Waals surface area contributed by atoms with E-state index in [2.05, 4.69) is 10.3 Å². The predicted octanol–water partition coefficient (Wildman–Crippen LogP) is 4.42. The van der Waals surface area contributed by atoms with Gasteiger partial charge in [-0.15, -0.1) is 0 Å². The molecule has 2 aromatic carbocycles. The van der Waals surface area contributed by atoms with Crippen LogP contribution in [0.5, 0.6) is 11.5 Å². The summed E-state index contributed by atoms with van der Waals surface area (Å²) in [6.45, 7) is 4.54. The first-order valence-electron chi connectivity index (χ1n) is 9.02. The quantitative estimate of drug-likeness (QED) is 0.635. The van der Waals surface area contributed by atoms with Crippen LogP contribution in [0.15, 0.2) is 56.8 Å². The van der Waals surface area contributed by atoms with Crippen molar-refractivity contribution in [3.8, 4) is 23.0 Å². The number of benzene rings is 2. The molecule has 1 aliphatic rings. The SMILES string of the molecule is CC(C)Nc1oc(-c2cccc(Cl)c2)nc1S(=O)(=O)c1ccc2c(c1)OCCO2. The van der Waals surface area contributed by atoms with Gasteiger partial charge in [0.2, 0.25) is 26.6 Å². The lowest BCUT2D eigenvalue weighted by Gasteiger charge is -2.18. The second-order valence-corrected chi connectivity index (χ2v) is 9.07. The molecule has 0 unspecified atom stereocenters. The highest BCUT2D eigenvalue weighted by Crippen LogP contribution is 2.37. The van der Waals surface area contributed by atoms with Gasteiger partial charge in [-0.2, -0.15) is 4.98 Å². The first-order valence-corrected chi connectivity index (χ1v) is 10.9. The number of sulfone groups is 1. The number of nitrogens with zero attached hydrogens (tertiary/aromatic N) is 1. The van der Waals surface area contributed by atoms with Gasteiger partial charge >= 0.3 is 0 Å². The fraction of sp³-hybridized carbons (Fsp3) is 0.250. The number of nitrogens with one attached hydrogen (secondary N) is 1. The number of aromatic nitrogens is 1. The summed E-state index contributed by atoms with van der Waals surface area (Å²) in [5.74, 6) is 1.13. The van der Waals surface area contributed by atoms with E-state index >= 15 is 0 Å². The van der Waals surface area contributed by atoms with Crippen molar-refractivity contribution in [3.05, 3.63) is 47.5 Å². The van der Waals surface area contributed by atoms with Gasteiger partial charge in [0.25, 0.3) is 0 Å². The monoisotopic (exact) mass is 434 g/mol. The van der Waals surface area contributed by atoms with Crippen LogP contribution in [0, 0.1) is 0 Å². The molecule has 0 aliphatic carbocycles. The van der Waals surface area contributed by atoms with Crippen molar-refractivity contribution < 1.29 is 22.3 Å². The Morgan fingerprint density at radius 2 is 1.83 bits per heavy atom. The zero-order valence-corrected chi connectivity index (χ0v) is 17.4. The molecule has 0 atom stereocenters. The van der Waals surface area contributed by atoms with Gasteiger partial charge in [0.1, 0.15) is 13.2 Å². The van der Waals surface area contributed by atoms with Crippen molar-refractivity contribution in [2.24, 2.45) is 0 Å². The van der Waals surface area contributed by atoms with Gasteiger partial charge in [-0.1, -0.05) is 17.7 Å². The molecule has 2 heterocycles. The van der Waals surface area contributed by atoms with Crippen molar-refractivity contribution in [1.82, 2.24) is 4.98 Å². The van der Waals surface area contributed by atoms with Gasteiger partial charge < -0.3 is 19.2 Å². The zero-order valence-electron chi connectivity index (χ0n) is 15.8. The van der Waals surface area contributed by atoms with Crippen LogP contribution in [0.4, 0.5) is 5.88 Å². The maximum Gasteiger partial charge on any atom is 0.234 e. The number of halogens is 1. The van der Waals surface area contributed by atoms with E-state index in [1.165, 1.54) is 12.1 Å². The molecule has 1 aromatic heterocycles. The molecule has 29 heavy (non-hydrogen) atoms. The van der Waals surface area contributed by atoms with Crippen molar-refractivity contribution in [2.75, 3.05) is 18.5 Å². The summed E-state index contributed by atoms with van der Waals surface area (Å²) in [5, 5.41) is 3.32. The number of ether oxygens (including phenoxy) is 2. The van der Waals surface area contributed by atoms with Gasteiger partial charge in [0.05, 0.1) is 4.90 Å². The van der Waals surface area contributed by atoms with Crippen LogP contribution in [0.1, 0.15) is 13.8 Å². The molecule has 4 rings (SSSR count). The molecule has 152 valence electrons. The molecule has 0 saturated carbocycles. The standard InChI is InChI=1S/C20H19ClN2O5S/c1-12(2)22-19-20(23-18(28-19)13-4-3-5-14(21)10-13)29(24,25)15-6-7-16-17(11-15)27-9-8-26-16/h3-7,10-12,22H,8-9H2,1-2H3. The Labute approximate surface area is 173 Å². The number of hydrogen-bond acceptors (Lipinski definition) is 7. The molecule has 0 spiro atoms. The van der Waals surface area contributed by atoms with Crippen LogP contribution in [-0.4, -0.2) is 32.7 Å². The third kappa shape index (κ3) is 3.90. The van der Waals surface area contributed by atoms with Crippen LogP contribution in [0.25, 0.3) is 11.5 Å². The third-order valence-electron chi connectivity index (χ3n) is 4.17. The lowest BCUT2D eigenvalue weighted by atomic mass is 10.2. The molecule has 3 aromatic rings. The molecule has 1 N–H and O–H groups in total. The average molecular weight is 435 g/mol. The van der Waals surface area contributed by atoms with Gasteiger partial charge in [0, 0.05) is 22.7 Å². The third-order valence-corrected chi connectivity index (χ3v) is 6.06. The lowest BCUT2D eigenvalue weighted by molar-refractivity contribution is 0.171. The average Bonchev–Trinajstić information content (AvgIpc) is 3.11. The first kappa shape index (κ1) is 19.6. The van der Waals surface area contributed by atoms with E-state index in [1.54, 1.807) is 30.3 Å². The summed E-state index contributed by atoms with van der Waals surface area (Å²) in [5.41, 5.74) is 0.577. The molecule has 0 bridgehead atoms. The molecule has 0 fully saturated rings. The Kier molecular flexibility index (Phi) is 5.14. The van der Waals surface area contributed by atoms with Crippen molar-refractivity contribution in [2.45, 2.75) is 29.8 Å².